The average molecular weight is 368 g/mol. The zero-order valence-electron chi connectivity index (χ0n) is 14.6. The van der Waals surface area contributed by atoms with Crippen molar-refractivity contribution in [1.29, 1.82) is 0 Å². The van der Waals surface area contributed by atoms with Gasteiger partial charge in [-0.15, -0.1) is 0 Å². The van der Waals surface area contributed by atoms with Crippen LogP contribution in [0.3, 0.4) is 0 Å². The van der Waals surface area contributed by atoms with E-state index < -0.39 is 0 Å². The summed E-state index contributed by atoms with van der Waals surface area (Å²) in [6.07, 6.45) is 2.05. The molecule has 1 amide bonds. The molecule has 2 aromatic carbocycles. The minimum absolute atomic E-state index is 0.0524. The Balaban J connectivity index is 1.70. The van der Waals surface area contributed by atoms with Crippen molar-refractivity contribution in [2.75, 3.05) is 25.2 Å². The lowest BCUT2D eigenvalue weighted by Crippen LogP contribution is -2.37. The molecule has 1 aliphatic heterocycles. The van der Waals surface area contributed by atoms with Crippen LogP contribution in [0.4, 0.5) is 5.13 Å². The van der Waals surface area contributed by atoms with Gasteiger partial charge in [0.1, 0.15) is 5.75 Å². The normalized spacial score (nSPS) is 16.7. The van der Waals surface area contributed by atoms with Gasteiger partial charge < -0.3 is 9.47 Å². The first-order chi connectivity index (χ1) is 12.7. The summed E-state index contributed by atoms with van der Waals surface area (Å²) in [6, 6.07) is 15.2. The Morgan fingerprint density at radius 2 is 2.19 bits per heavy atom. The van der Waals surface area contributed by atoms with Gasteiger partial charge in [-0.3, -0.25) is 9.69 Å². The van der Waals surface area contributed by atoms with E-state index in [-0.39, 0.29) is 12.0 Å². The van der Waals surface area contributed by atoms with Gasteiger partial charge in [-0.2, -0.15) is 0 Å². The molecule has 1 saturated heterocycles. The Hall–Kier alpha value is -2.44. The summed E-state index contributed by atoms with van der Waals surface area (Å²) in [6.45, 7) is 1.27. The van der Waals surface area contributed by atoms with Crippen LogP contribution in [0.15, 0.2) is 48.5 Å². The van der Waals surface area contributed by atoms with Crippen molar-refractivity contribution in [3.63, 3.8) is 0 Å². The third-order valence-corrected chi connectivity index (χ3v) is 5.54. The van der Waals surface area contributed by atoms with E-state index in [4.69, 9.17) is 9.47 Å². The first-order valence-electron chi connectivity index (χ1n) is 8.67. The highest BCUT2D eigenvalue weighted by Crippen LogP contribution is 2.31. The van der Waals surface area contributed by atoms with Crippen molar-refractivity contribution in [3.05, 3.63) is 54.1 Å². The van der Waals surface area contributed by atoms with E-state index >= 15 is 0 Å². The molecular formula is C20H20N2O3S. The van der Waals surface area contributed by atoms with E-state index in [1.165, 1.54) is 11.3 Å². The Bertz CT molecular complexity index is 885. The maximum Gasteiger partial charge on any atom is 0.260 e. The van der Waals surface area contributed by atoms with E-state index in [1.54, 1.807) is 24.1 Å². The van der Waals surface area contributed by atoms with Crippen LogP contribution in [0.1, 0.15) is 23.2 Å². The third kappa shape index (κ3) is 3.43. The van der Waals surface area contributed by atoms with Crippen LogP contribution in [0.2, 0.25) is 0 Å². The van der Waals surface area contributed by atoms with Crippen molar-refractivity contribution in [2.24, 2.45) is 0 Å². The number of methoxy groups -OCH3 is 1. The molecule has 6 heteroatoms. The summed E-state index contributed by atoms with van der Waals surface area (Å²) in [5, 5.41) is 0.703. The summed E-state index contributed by atoms with van der Waals surface area (Å²) in [4.78, 5) is 19.7. The molecule has 0 spiro atoms. The quantitative estimate of drug-likeness (QED) is 0.679. The van der Waals surface area contributed by atoms with Crippen LogP contribution in [-0.4, -0.2) is 37.3 Å². The van der Waals surface area contributed by atoms with Gasteiger partial charge in [-0.05, 0) is 43.2 Å². The van der Waals surface area contributed by atoms with Crippen molar-refractivity contribution in [1.82, 2.24) is 4.98 Å². The first kappa shape index (κ1) is 17.0. The topological polar surface area (TPSA) is 51.7 Å². The number of benzene rings is 2. The Kier molecular flexibility index (Phi) is 4.86. The van der Waals surface area contributed by atoms with E-state index in [2.05, 4.69) is 4.98 Å². The van der Waals surface area contributed by atoms with Crippen LogP contribution >= 0.6 is 11.3 Å². The van der Waals surface area contributed by atoms with E-state index in [0.717, 1.165) is 29.7 Å². The minimum Gasteiger partial charge on any atom is -0.497 e. The highest BCUT2D eigenvalue weighted by atomic mass is 32.1. The molecule has 0 bridgehead atoms. The number of nitrogens with zero attached hydrogens (tertiary/aromatic N) is 2. The van der Waals surface area contributed by atoms with Gasteiger partial charge in [0.15, 0.2) is 5.13 Å². The Morgan fingerprint density at radius 1 is 1.31 bits per heavy atom. The average Bonchev–Trinajstić information content (AvgIpc) is 3.34. The lowest BCUT2D eigenvalue weighted by atomic mass is 10.1. The molecule has 0 radical (unpaired) electrons. The van der Waals surface area contributed by atoms with Crippen molar-refractivity contribution >= 4 is 32.6 Å². The number of amides is 1. The molecule has 1 atom stereocenters. The van der Waals surface area contributed by atoms with Gasteiger partial charge in [-0.1, -0.05) is 29.5 Å². The van der Waals surface area contributed by atoms with Gasteiger partial charge >= 0.3 is 0 Å². The number of carbonyl (C=O) groups excluding carboxylic acids is 1. The first-order valence-corrected chi connectivity index (χ1v) is 9.49. The molecule has 1 aliphatic rings. The summed E-state index contributed by atoms with van der Waals surface area (Å²) in [5.41, 5.74) is 1.49. The molecule has 0 N–H and O–H groups in total. The highest BCUT2D eigenvalue weighted by molar-refractivity contribution is 7.22. The van der Waals surface area contributed by atoms with E-state index in [0.29, 0.717) is 23.0 Å². The van der Waals surface area contributed by atoms with Crippen molar-refractivity contribution < 1.29 is 14.3 Å². The summed E-state index contributed by atoms with van der Waals surface area (Å²) in [5.74, 6) is 0.579. The minimum atomic E-state index is -0.0848. The van der Waals surface area contributed by atoms with E-state index in [9.17, 15) is 4.79 Å². The maximum atomic E-state index is 13.3. The zero-order chi connectivity index (χ0) is 17.9. The number of ether oxygens (including phenoxy) is 2. The molecule has 3 aromatic rings. The van der Waals surface area contributed by atoms with Crippen LogP contribution in [0.5, 0.6) is 5.75 Å². The van der Waals surface area contributed by atoms with Gasteiger partial charge in [0, 0.05) is 12.2 Å². The lowest BCUT2D eigenvalue weighted by Gasteiger charge is -2.23. The zero-order valence-corrected chi connectivity index (χ0v) is 15.4. The molecule has 4 rings (SSSR count). The SMILES string of the molecule is COc1cccc(C(=O)N(C[C@H]2CCCO2)c2nc3ccccc3s2)c1. The number of carbonyl (C=O) groups is 1. The molecule has 1 aromatic heterocycles. The number of thiazole rings is 1. The number of aromatic nitrogens is 1. The number of para-hydroxylation sites is 1. The molecule has 0 aliphatic carbocycles. The van der Waals surface area contributed by atoms with Crippen molar-refractivity contribution in [3.8, 4) is 5.75 Å². The summed E-state index contributed by atoms with van der Waals surface area (Å²) in [7, 11) is 1.60. The predicted molar refractivity (Wildman–Crippen MR) is 103 cm³/mol. The largest absolute Gasteiger partial charge is 0.497 e. The summed E-state index contributed by atoms with van der Waals surface area (Å²) < 4.78 is 12.1. The fourth-order valence-electron chi connectivity index (χ4n) is 3.13. The van der Waals surface area contributed by atoms with Gasteiger partial charge in [0.25, 0.3) is 5.91 Å². The lowest BCUT2D eigenvalue weighted by molar-refractivity contribution is 0.0917. The molecule has 0 unspecified atom stereocenters. The molecule has 26 heavy (non-hydrogen) atoms. The van der Waals surface area contributed by atoms with Crippen molar-refractivity contribution in [2.45, 2.75) is 18.9 Å². The predicted octanol–water partition coefficient (Wildman–Crippen LogP) is 4.13. The number of rotatable bonds is 5. The molecule has 2 heterocycles. The fourth-order valence-corrected chi connectivity index (χ4v) is 4.10. The van der Waals surface area contributed by atoms with E-state index in [1.807, 2.05) is 36.4 Å². The Labute approximate surface area is 156 Å². The smallest absolute Gasteiger partial charge is 0.260 e. The molecule has 5 nitrogen and oxygen atoms in total. The molecule has 0 saturated carbocycles. The summed E-state index contributed by atoms with van der Waals surface area (Å²) >= 11 is 1.53. The van der Waals surface area contributed by atoms with Gasteiger partial charge in [0.2, 0.25) is 0 Å². The molecule has 134 valence electrons. The van der Waals surface area contributed by atoms with Crippen LogP contribution in [-0.2, 0) is 4.74 Å². The fraction of sp³-hybridized carbons (Fsp3) is 0.300. The molecular weight excluding hydrogens is 348 g/mol. The van der Waals surface area contributed by atoms with Crippen LogP contribution in [0, 0.1) is 0 Å². The second-order valence-corrected chi connectivity index (χ2v) is 7.26. The van der Waals surface area contributed by atoms with Gasteiger partial charge in [0.05, 0.1) is 30.0 Å². The number of hydrogen-bond acceptors (Lipinski definition) is 5. The van der Waals surface area contributed by atoms with Crippen LogP contribution in [0.25, 0.3) is 10.2 Å². The van der Waals surface area contributed by atoms with Gasteiger partial charge in [-0.25, -0.2) is 4.98 Å². The second-order valence-electron chi connectivity index (χ2n) is 6.25. The van der Waals surface area contributed by atoms with Crippen LogP contribution < -0.4 is 9.64 Å². The Morgan fingerprint density at radius 3 is 2.96 bits per heavy atom. The third-order valence-electron chi connectivity index (χ3n) is 4.49. The number of anilines is 1. The molecule has 1 fully saturated rings. The standard InChI is InChI=1S/C20H20N2O3S/c1-24-15-7-4-6-14(12-15)19(23)22(13-16-8-5-11-25-16)20-21-17-9-2-3-10-18(17)26-20/h2-4,6-7,9-10,12,16H,5,8,11,13H2,1H3/t16-/m1/s1. The second kappa shape index (κ2) is 7.43. The monoisotopic (exact) mass is 368 g/mol. The number of hydrogen-bond donors (Lipinski definition) is 0. The highest BCUT2D eigenvalue weighted by Gasteiger charge is 2.27. The number of fused-ring (bicyclic) bond motifs is 1. The maximum absolute atomic E-state index is 13.3.